The highest BCUT2D eigenvalue weighted by molar-refractivity contribution is 5.75. The Hall–Kier alpha value is -0.610. The molecule has 4 nitrogen and oxygen atoms in total. The fraction of sp³-hybridized carbons (Fsp3) is 0.833. The first kappa shape index (κ1) is 9.39. The van der Waals surface area contributed by atoms with Crippen LogP contribution in [0.1, 0.15) is 19.8 Å². The lowest BCUT2D eigenvalue weighted by atomic mass is 10.4. The van der Waals surface area contributed by atoms with Crippen molar-refractivity contribution >= 4 is 5.91 Å². The van der Waals surface area contributed by atoms with Gasteiger partial charge in [-0.15, -0.1) is 0 Å². The van der Waals surface area contributed by atoms with Crippen molar-refractivity contribution in [2.75, 3.05) is 13.2 Å². The molecule has 0 aromatic carbocycles. The predicted octanol–water partition coefficient (Wildman–Crippen LogP) is 0.308. The van der Waals surface area contributed by atoms with Crippen LogP contribution in [0.25, 0.3) is 0 Å². The number of unbranched alkanes of at least 4 members (excludes halogenated alkanes) is 1. The van der Waals surface area contributed by atoms with Gasteiger partial charge in [-0.25, -0.2) is 5.48 Å². The van der Waals surface area contributed by atoms with Crippen molar-refractivity contribution in [2.45, 2.75) is 19.8 Å². The summed E-state index contributed by atoms with van der Waals surface area (Å²) in [5.41, 5.74) is 1.48. The van der Waals surface area contributed by atoms with Crippen LogP contribution in [0.4, 0.5) is 0 Å². The number of rotatable bonds is 5. The molecule has 0 aliphatic rings. The van der Waals surface area contributed by atoms with Gasteiger partial charge in [0.1, 0.15) is 6.61 Å². The molecule has 0 atom stereocenters. The van der Waals surface area contributed by atoms with Crippen molar-refractivity contribution in [3.05, 3.63) is 0 Å². The van der Waals surface area contributed by atoms with Gasteiger partial charge in [0.25, 0.3) is 5.91 Å². The second-order valence-corrected chi connectivity index (χ2v) is 1.94. The smallest absolute Gasteiger partial charge is 0.269 e. The molecule has 0 spiro atoms. The van der Waals surface area contributed by atoms with Gasteiger partial charge in [-0.1, -0.05) is 13.3 Å². The van der Waals surface area contributed by atoms with Crippen molar-refractivity contribution < 1.29 is 14.7 Å². The lowest BCUT2D eigenvalue weighted by Crippen LogP contribution is -2.24. The number of nitrogens with one attached hydrogen (secondary N) is 1. The standard InChI is InChI=1S/C6H13NO3/c1-2-3-4-10-5-6(8)7-9/h9H,2-5H2,1H3,(H,7,8). The first-order valence-electron chi connectivity index (χ1n) is 3.32. The maximum atomic E-state index is 10.3. The van der Waals surface area contributed by atoms with E-state index in [4.69, 9.17) is 9.94 Å². The number of hydroxylamine groups is 1. The highest BCUT2D eigenvalue weighted by Crippen LogP contribution is 1.86. The Kier molecular flexibility index (Phi) is 6.11. The molecular weight excluding hydrogens is 134 g/mol. The quantitative estimate of drug-likeness (QED) is 0.334. The van der Waals surface area contributed by atoms with Gasteiger partial charge in [0.15, 0.2) is 0 Å². The summed E-state index contributed by atoms with van der Waals surface area (Å²) in [4.78, 5) is 10.3. The summed E-state index contributed by atoms with van der Waals surface area (Å²) in [6.45, 7) is 2.55. The number of hydrogen-bond donors (Lipinski definition) is 2. The van der Waals surface area contributed by atoms with Crippen LogP contribution < -0.4 is 5.48 Å². The van der Waals surface area contributed by atoms with Crippen LogP contribution >= 0.6 is 0 Å². The second kappa shape index (κ2) is 6.51. The summed E-state index contributed by atoms with van der Waals surface area (Å²) in [6.07, 6.45) is 1.99. The van der Waals surface area contributed by atoms with Crippen LogP contribution in [-0.2, 0) is 9.53 Å². The number of hydrogen-bond acceptors (Lipinski definition) is 3. The summed E-state index contributed by atoms with van der Waals surface area (Å²) < 4.78 is 4.85. The Labute approximate surface area is 60.1 Å². The van der Waals surface area contributed by atoms with Crippen molar-refractivity contribution in [3.8, 4) is 0 Å². The normalized spacial score (nSPS) is 9.40. The molecule has 10 heavy (non-hydrogen) atoms. The van der Waals surface area contributed by atoms with Crippen LogP contribution in [0.2, 0.25) is 0 Å². The Bertz CT molecular complexity index is 95.0. The zero-order valence-electron chi connectivity index (χ0n) is 6.09. The van der Waals surface area contributed by atoms with E-state index in [2.05, 4.69) is 0 Å². The van der Waals surface area contributed by atoms with Gasteiger partial charge in [-0.05, 0) is 6.42 Å². The maximum absolute atomic E-state index is 10.3. The van der Waals surface area contributed by atoms with Crippen molar-refractivity contribution in [3.63, 3.8) is 0 Å². The molecule has 0 aliphatic carbocycles. The maximum Gasteiger partial charge on any atom is 0.269 e. The van der Waals surface area contributed by atoms with Gasteiger partial charge >= 0.3 is 0 Å². The first-order valence-corrected chi connectivity index (χ1v) is 3.32. The summed E-state index contributed by atoms with van der Waals surface area (Å²) in [6, 6.07) is 0. The van der Waals surface area contributed by atoms with Crippen LogP contribution in [0, 0.1) is 0 Å². The molecule has 60 valence electrons. The summed E-state index contributed by atoms with van der Waals surface area (Å²) in [7, 11) is 0. The van der Waals surface area contributed by atoms with Crippen molar-refractivity contribution in [1.82, 2.24) is 5.48 Å². The fourth-order valence-corrected chi connectivity index (χ4v) is 0.444. The van der Waals surface area contributed by atoms with Crippen molar-refractivity contribution in [2.24, 2.45) is 0 Å². The third-order valence-electron chi connectivity index (χ3n) is 1.00. The Morgan fingerprint density at radius 2 is 2.40 bits per heavy atom. The molecule has 0 aromatic heterocycles. The first-order chi connectivity index (χ1) is 4.81. The molecule has 0 radical (unpaired) electrons. The molecule has 0 unspecified atom stereocenters. The van der Waals surface area contributed by atoms with E-state index in [1.807, 2.05) is 6.92 Å². The van der Waals surface area contributed by atoms with E-state index in [1.54, 1.807) is 0 Å². The molecule has 0 heterocycles. The Morgan fingerprint density at radius 3 is 2.90 bits per heavy atom. The minimum Gasteiger partial charge on any atom is -0.372 e. The SMILES string of the molecule is CCCCOCC(=O)NO. The third-order valence-corrected chi connectivity index (χ3v) is 1.00. The minimum absolute atomic E-state index is 0.0590. The van der Waals surface area contributed by atoms with Crippen LogP contribution in [-0.4, -0.2) is 24.3 Å². The molecule has 0 fully saturated rings. The number of amides is 1. The lowest BCUT2D eigenvalue weighted by Gasteiger charge is -1.99. The molecule has 0 aliphatic heterocycles. The molecule has 0 saturated carbocycles. The van der Waals surface area contributed by atoms with Crippen molar-refractivity contribution in [1.29, 1.82) is 0 Å². The minimum atomic E-state index is -0.504. The van der Waals surface area contributed by atoms with Crippen LogP contribution in [0.3, 0.4) is 0 Å². The van der Waals surface area contributed by atoms with E-state index >= 15 is 0 Å². The Balaban J connectivity index is 2.96. The van der Waals surface area contributed by atoms with Gasteiger partial charge in [0, 0.05) is 6.61 Å². The monoisotopic (exact) mass is 147 g/mol. The molecular formula is C6H13NO3. The second-order valence-electron chi connectivity index (χ2n) is 1.94. The number of carbonyl (C=O) groups is 1. The van der Waals surface area contributed by atoms with Crippen LogP contribution in [0.5, 0.6) is 0 Å². The van der Waals surface area contributed by atoms with Crippen LogP contribution in [0.15, 0.2) is 0 Å². The fourth-order valence-electron chi connectivity index (χ4n) is 0.444. The van der Waals surface area contributed by atoms with Gasteiger partial charge in [-0.2, -0.15) is 0 Å². The average molecular weight is 147 g/mol. The molecule has 0 aromatic rings. The van der Waals surface area contributed by atoms with Gasteiger partial charge in [-0.3, -0.25) is 10.0 Å². The number of carbonyl (C=O) groups excluding carboxylic acids is 1. The largest absolute Gasteiger partial charge is 0.372 e. The highest BCUT2D eigenvalue weighted by atomic mass is 16.5. The topological polar surface area (TPSA) is 58.6 Å². The van der Waals surface area contributed by atoms with E-state index in [0.29, 0.717) is 6.61 Å². The number of ether oxygens (including phenoxy) is 1. The van der Waals surface area contributed by atoms with E-state index in [9.17, 15) is 4.79 Å². The van der Waals surface area contributed by atoms with E-state index in [0.717, 1.165) is 12.8 Å². The molecule has 0 saturated heterocycles. The van der Waals surface area contributed by atoms with Gasteiger partial charge in [0.05, 0.1) is 0 Å². The van der Waals surface area contributed by atoms with E-state index < -0.39 is 5.91 Å². The molecule has 2 N–H and O–H groups in total. The van der Waals surface area contributed by atoms with Gasteiger partial charge < -0.3 is 4.74 Å². The highest BCUT2D eigenvalue weighted by Gasteiger charge is 1.96. The van der Waals surface area contributed by atoms with E-state index in [-0.39, 0.29) is 6.61 Å². The van der Waals surface area contributed by atoms with Gasteiger partial charge in [0.2, 0.25) is 0 Å². The molecule has 0 bridgehead atoms. The zero-order chi connectivity index (χ0) is 7.82. The van der Waals surface area contributed by atoms with E-state index in [1.165, 1.54) is 5.48 Å². The zero-order valence-corrected chi connectivity index (χ0v) is 6.09. The third kappa shape index (κ3) is 5.53. The summed E-state index contributed by atoms with van der Waals surface area (Å²) >= 11 is 0. The molecule has 0 rings (SSSR count). The molecule has 1 amide bonds. The summed E-state index contributed by atoms with van der Waals surface area (Å²) in [5.74, 6) is -0.504. The molecule has 4 heteroatoms. The predicted molar refractivity (Wildman–Crippen MR) is 35.7 cm³/mol. The lowest BCUT2D eigenvalue weighted by molar-refractivity contribution is -0.134. The Morgan fingerprint density at radius 1 is 1.70 bits per heavy atom. The average Bonchev–Trinajstić information content (AvgIpc) is 1.98. The summed E-state index contributed by atoms with van der Waals surface area (Å²) in [5, 5.41) is 8.01.